The van der Waals surface area contributed by atoms with Gasteiger partial charge in [0.05, 0.1) is 6.61 Å². The lowest BCUT2D eigenvalue weighted by Crippen LogP contribution is -2.33. The normalized spacial score (nSPS) is 17.4. The zero-order valence-corrected chi connectivity index (χ0v) is 8.74. The molecule has 3 nitrogen and oxygen atoms in total. The van der Waals surface area contributed by atoms with Crippen LogP contribution in [0.25, 0.3) is 0 Å². The second kappa shape index (κ2) is 4.16. The molecule has 1 aromatic carbocycles. The van der Waals surface area contributed by atoms with Crippen molar-refractivity contribution in [1.29, 1.82) is 0 Å². The first kappa shape index (κ1) is 11.0. The highest BCUT2D eigenvalue weighted by Crippen LogP contribution is 2.45. The highest BCUT2D eigenvalue weighted by Gasteiger charge is 2.40. The van der Waals surface area contributed by atoms with Gasteiger partial charge >= 0.3 is 0 Å². The van der Waals surface area contributed by atoms with Crippen molar-refractivity contribution in [3.8, 4) is 0 Å². The summed E-state index contributed by atoms with van der Waals surface area (Å²) < 4.78 is 13.7. The van der Waals surface area contributed by atoms with Crippen molar-refractivity contribution < 1.29 is 14.3 Å². The van der Waals surface area contributed by atoms with Crippen LogP contribution in [0.2, 0.25) is 0 Å². The van der Waals surface area contributed by atoms with E-state index in [0.29, 0.717) is 24.0 Å². The maximum atomic E-state index is 13.7. The molecular formula is C12H12FNO2. The van der Waals surface area contributed by atoms with Crippen molar-refractivity contribution in [2.75, 3.05) is 0 Å². The van der Waals surface area contributed by atoms with Crippen LogP contribution in [0, 0.1) is 5.82 Å². The third-order valence-electron chi connectivity index (χ3n) is 3.16. The topological polar surface area (TPSA) is 49.7 Å². The number of isocyanates is 1. The Labute approximate surface area is 92.6 Å². The van der Waals surface area contributed by atoms with E-state index in [1.807, 2.05) is 0 Å². The lowest BCUT2D eigenvalue weighted by atomic mass is 9.72. The minimum atomic E-state index is -0.739. The molecule has 0 heterocycles. The van der Waals surface area contributed by atoms with Crippen LogP contribution < -0.4 is 0 Å². The Hall–Kier alpha value is -1.51. The van der Waals surface area contributed by atoms with E-state index < -0.39 is 5.54 Å². The van der Waals surface area contributed by atoms with Crippen molar-refractivity contribution in [2.24, 2.45) is 4.99 Å². The predicted octanol–water partition coefficient (Wildman–Crippen LogP) is 2.03. The van der Waals surface area contributed by atoms with Gasteiger partial charge in [0.1, 0.15) is 11.4 Å². The molecule has 0 unspecified atom stereocenters. The second-order valence-electron chi connectivity index (χ2n) is 4.06. The SMILES string of the molecule is O=C=NC1(c2cc(CO)ccc2F)CCC1. The first-order valence-electron chi connectivity index (χ1n) is 5.21. The quantitative estimate of drug-likeness (QED) is 0.627. The Morgan fingerprint density at radius 1 is 1.50 bits per heavy atom. The van der Waals surface area contributed by atoms with E-state index in [-0.39, 0.29) is 12.4 Å². The van der Waals surface area contributed by atoms with Crippen LogP contribution in [0.4, 0.5) is 4.39 Å². The van der Waals surface area contributed by atoms with Gasteiger partial charge in [-0.15, -0.1) is 0 Å². The molecule has 16 heavy (non-hydrogen) atoms. The molecule has 1 N–H and O–H groups in total. The molecule has 0 saturated heterocycles. The summed E-state index contributed by atoms with van der Waals surface area (Å²) in [7, 11) is 0. The number of aliphatic imine (C=N–C) groups is 1. The molecule has 1 fully saturated rings. The summed E-state index contributed by atoms with van der Waals surface area (Å²) in [5, 5.41) is 9.01. The minimum absolute atomic E-state index is 0.145. The van der Waals surface area contributed by atoms with E-state index in [1.165, 1.54) is 18.2 Å². The molecule has 0 atom stereocenters. The third kappa shape index (κ3) is 1.66. The summed E-state index contributed by atoms with van der Waals surface area (Å²) in [4.78, 5) is 14.1. The first-order valence-corrected chi connectivity index (χ1v) is 5.21. The molecule has 0 aliphatic heterocycles. The summed E-state index contributed by atoms with van der Waals surface area (Å²) in [5.41, 5.74) is 0.286. The lowest BCUT2D eigenvalue weighted by Gasteiger charge is -2.37. The number of halogens is 1. The van der Waals surface area contributed by atoms with Crippen molar-refractivity contribution in [3.63, 3.8) is 0 Å². The Morgan fingerprint density at radius 2 is 2.25 bits per heavy atom. The Morgan fingerprint density at radius 3 is 2.75 bits per heavy atom. The van der Waals surface area contributed by atoms with Gasteiger partial charge in [0.2, 0.25) is 6.08 Å². The van der Waals surface area contributed by atoms with Crippen LogP contribution >= 0.6 is 0 Å². The number of hydrogen-bond donors (Lipinski definition) is 1. The molecule has 1 saturated carbocycles. The fraction of sp³-hybridized carbons (Fsp3) is 0.417. The molecule has 2 rings (SSSR count). The van der Waals surface area contributed by atoms with Gasteiger partial charge in [-0.2, -0.15) is 4.99 Å². The number of aliphatic hydroxyl groups excluding tert-OH is 1. The molecular weight excluding hydrogens is 209 g/mol. The zero-order chi connectivity index (χ0) is 11.6. The van der Waals surface area contributed by atoms with Gasteiger partial charge < -0.3 is 5.11 Å². The average molecular weight is 221 g/mol. The maximum Gasteiger partial charge on any atom is 0.235 e. The van der Waals surface area contributed by atoms with Crippen LogP contribution in [0.1, 0.15) is 30.4 Å². The number of carbonyl (C=O) groups excluding carboxylic acids is 1. The van der Waals surface area contributed by atoms with Gasteiger partial charge in [-0.25, -0.2) is 9.18 Å². The summed E-state index contributed by atoms with van der Waals surface area (Å²) >= 11 is 0. The van der Waals surface area contributed by atoms with E-state index >= 15 is 0 Å². The standard InChI is InChI=1S/C12H12FNO2/c13-11-3-2-9(7-15)6-10(11)12(14-8-16)4-1-5-12/h2-3,6,15H,1,4-5,7H2. The van der Waals surface area contributed by atoms with Crippen molar-refractivity contribution >= 4 is 6.08 Å². The number of nitrogens with zero attached hydrogens (tertiary/aromatic N) is 1. The summed E-state index contributed by atoms with van der Waals surface area (Å²) in [6, 6.07) is 4.41. The Kier molecular flexibility index (Phi) is 2.86. The summed E-state index contributed by atoms with van der Waals surface area (Å²) in [6.07, 6.45) is 3.77. The van der Waals surface area contributed by atoms with Crippen molar-refractivity contribution in [1.82, 2.24) is 0 Å². The van der Waals surface area contributed by atoms with E-state index in [0.717, 1.165) is 6.42 Å². The smallest absolute Gasteiger partial charge is 0.235 e. The van der Waals surface area contributed by atoms with Crippen LogP contribution in [-0.2, 0) is 16.9 Å². The Bertz CT molecular complexity index is 448. The molecule has 0 aromatic heterocycles. The van der Waals surface area contributed by atoms with Crippen molar-refractivity contribution in [2.45, 2.75) is 31.4 Å². The minimum Gasteiger partial charge on any atom is -0.392 e. The fourth-order valence-electron chi connectivity index (χ4n) is 2.07. The lowest BCUT2D eigenvalue weighted by molar-refractivity contribution is 0.245. The number of benzene rings is 1. The van der Waals surface area contributed by atoms with Crippen molar-refractivity contribution in [3.05, 3.63) is 35.1 Å². The first-order chi connectivity index (χ1) is 7.72. The van der Waals surface area contributed by atoms with E-state index in [9.17, 15) is 9.18 Å². The molecule has 1 aliphatic rings. The monoisotopic (exact) mass is 221 g/mol. The van der Waals surface area contributed by atoms with Gasteiger partial charge in [-0.3, -0.25) is 0 Å². The predicted molar refractivity (Wildman–Crippen MR) is 56.0 cm³/mol. The van der Waals surface area contributed by atoms with Gasteiger partial charge in [0.25, 0.3) is 0 Å². The van der Waals surface area contributed by atoms with Gasteiger partial charge in [-0.1, -0.05) is 6.07 Å². The molecule has 0 spiro atoms. The molecule has 84 valence electrons. The van der Waals surface area contributed by atoms with E-state index in [1.54, 1.807) is 6.07 Å². The third-order valence-corrected chi connectivity index (χ3v) is 3.16. The largest absolute Gasteiger partial charge is 0.392 e. The molecule has 0 radical (unpaired) electrons. The maximum absolute atomic E-state index is 13.7. The van der Waals surface area contributed by atoms with Crippen LogP contribution in [-0.4, -0.2) is 11.2 Å². The van der Waals surface area contributed by atoms with Crippen LogP contribution in [0.3, 0.4) is 0 Å². The molecule has 4 heteroatoms. The molecule has 0 amide bonds. The molecule has 1 aliphatic carbocycles. The van der Waals surface area contributed by atoms with Crippen LogP contribution in [0.15, 0.2) is 23.2 Å². The van der Waals surface area contributed by atoms with Crippen LogP contribution in [0.5, 0.6) is 0 Å². The summed E-state index contributed by atoms with van der Waals surface area (Å²) in [5.74, 6) is -0.379. The van der Waals surface area contributed by atoms with E-state index in [2.05, 4.69) is 4.99 Å². The number of hydrogen-bond acceptors (Lipinski definition) is 3. The second-order valence-corrected chi connectivity index (χ2v) is 4.06. The van der Waals surface area contributed by atoms with Gasteiger partial charge in [0, 0.05) is 5.56 Å². The number of rotatable bonds is 3. The number of aliphatic hydroxyl groups is 1. The molecule has 1 aromatic rings. The Balaban J connectivity index is 2.48. The molecule has 0 bridgehead atoms. The summed E-state index contributed by atoms with van der Waals surface area (Å²) in [6.45, 7) is -0.145. The average Bonchev–Trinajstić information content (AvgIpc) is 2.25. The zero-order valence-electron chi connectivity index (χ0n) is 8.74. The van der Waals surface area contributed by atoms with E-state index in [4.69, 9.17) is 5.11 Å². The highest BCUT2D eigenvalue weighted by atomic mass is 19.1. The fourth-order valence-corrected chi connectivity index (χ4v) is 2.07. The van der Waals surface area contributed by atoms with Gasteiger partial charge in [-0.05, 0) is 37.0 Å². The van der Waals surface area contributed by atoms with Gasteiger partial charge in [0.15, 0.2) is 0 Å². The highest BCUT2D eigenvalue weighted by molar-refractivity contribution is 5.41.